The van der Waals surface area contributed by atoms with Crippen molar-refractivity contribution in [3.63, 3.8) is 0 Å². The molecule has 4 aromatic rings. The van der Waals surface area contributed by atoms with Gasteiger partial charge < -0.3 is 15.2 Å². The van der Waals surface area contributed by atoms with Gasteiger partial charge in [-0.1, -0.05) is 17.4 Å². The SMILES string of the molecule is COc1cc(CCc2ncc3nc(N)sc3n2)ccc1Oc1ccncc1C(F)(F)F. The van der Waals surface area contributed by atoms with Gasteiger partial charge in [0.2, 0.25) is 0 Å². The van der Waals surface area contributed by atoms with E-state index in [2.05, 4.69) is 19.9 Å². The second-order valence-electron chi connectivity index (χ2n) is 6.49. The zero-order chi connectivity index (χ0) is 22.0. The van der Waals surface area contributed by atoms with Crippen LogP contribution in [0.4, 0.5) is 18.3 Å². The van der Waals surface area contributed by atoms with Gasteiger partial charge in [-0.3, -0.25) is 4.98 Å². The van der Waals surface area contributed by atoms with Gasteiger partial charge in [-0.05, 0) is 30.2 Å². The largest absolute Gasteiger partial charge is 0.493 e. The first kappa shape index (κ1) is 20.8. The number of nitrogens with zero attached hydrogens (tertiary/aromatic N) is 4. The van der Waals surface area contributed by atoms with Gasteiger partial charge in [-0.2, -0.15) is 13.2 Å². The van der Waals surface area contributed by atoms with Crippen molar-refractivity contribution in [3.8, 4) is 17.2 Å². The van der Waals surface area contributed by atoms with Gasteiger partial charge in [-0.15, -0.1) is 0 Å². The van der Waals surface area contributed by atoms with Crippen LogP contribution < -0.4 is 15.2 Å². The van der Waals surface area contributed by atoms with Gasteiger partial charge in [0.15, 0.2) is 16.6 Å². The molecule has 11 heteroatoms. The number of alkyl halides is 3. The van der Waals surface area contributed by atoms with Gasteiger partial charge in [0.25, 0.3) is 0 Å². The van der Waals surface area contributed by atoms with Crippen molar-refractivity contribution in [2.45, 2.75) is 19.0 Å². The van der Waals surface area contributed by atoms with E-state index in [0.29, 0.717) is 35.1 Å². The number of fused-ring (bicyclic) bond motifs is 1. The van der Waals surface area contributed by atoms with E-state index in [1.165, 1.54) is 24.6 Å². The number of methoxy groups -OCH3 is 1. The standard InChI is InChI=1S/C20H16F3N5O2S/c1-29-16-8-11(3-5-17-26-10-13-18(28-17)31-19(24)27-13)2-4-15(16)30-14-6-7-25-9-12(14)20(21,22)23/h2,4,6-10H,3,5H2,1H3,(H2,24,27). The predicted octanol–water partition coefficient (Wildman–Crippen LogP) is 4.67. The number of pyridine rings is 1. The summed E-state index contributed by atoms with van der Waals surface area (Å²) < 4.78 is 50.4. The summed E-state index contributed by atoms with van der Waals surface area (Å²) in [5.74, 6) is 0.774. The second-order valence-corrected chi connectivity index (χ2v) is 7.49. The van der Waals surface area contributed by atoms with Crippen LogP contribution in [0, 0.1) is 0 Å². The number of aryl methyl sites for hydroxylation is 2. The molecule has 0 unspecified atom stereocenters. The van der Waals surface area contributed by atoms with Crippen molar-refractivity contribution in [1.29, 1.82) is 0 Å². The lowest BCUT2D eigenvalue weighted by Crippen LogP contribution is -2.07. The molecule has 7 nitrogen and oxygen atoms in total. The monoisotopic (exact) mass is 447 g/mol. The Hall–Kier alpha value is -3.47. The number of nitrogen functional groups attached to an aromatic ring is 1. The van der Waals surface area contributed by atoms with Crippen molar-refractivity contribution in [2.24, 2.45) is 0 Å². The summed E-state index contributed by atoms with van der Waals surface area (Å²) >= 11 is 1.29. The van der Waals surface area contributed by atoms with Gasteiger partial charge in [0.1, 0.15) is 27.5 Å². The van der Waals surface area contributed by atoms with Crippen LogP contribution in [0.5, 0.6) is 17.2 Å². The highest BCUT2D eigenvalue weighted by atomic mass is 32.1. The van der Waals surface area contributed by atoms with E-state index in [1.54, 1.807) is 24.4 Å². The summed E-state index contributed by atoms with van der Waals surface area (Å²) in [6.45, 7) is 0. The van der Waals surface area contributed by atoms with E-state index in [-0.39, 0.29) is 11.5 Å². The molecule has 0 bridgehead atoms. The van der Waals surface area contributed by atoms with Crippen molar-refractivity contribution in [1.82, 2.24) is 19.9 Å². The summed E-state index contributed by atoms with van der Waals surface area (Å²) in [4.78, 5) is 17.1. The van der Waals surface area contributed by atoms with Crippen LogP contribution >= 0.6 is 11.3 Å². The lowest BCUT2D eigenvalue weighted by atomic mass is 10.1. The maximum atomic E-state index is 13.2. The number of anilines is 1. The first-order chi connectivity index (χ1) is 14.8. The minimum atomic E-state index is -4.58. The highest BCUT2D eigenvalue weighted by Crippen LogP contribution is 2.40. The molecule has 160 valence electrons. The molecule has 0 saturated heterocycles. The Bertz CT molecular complexity index is 1230. The molecule has 3 aromatic heterocycles. The van der Waals surface area contributed by atoms with Crippen molar-refractivity contribution < 1.29 is 22.6 Å². The topological polar surface area (TPSA) is 96.0 Å². The van der Waals surface area contributed by atoms with E-state index in [0.717, 1.165) is 22.7 Å². The van der Waals surface area contributed by atoms with Crippen LogP contribution in [0.3, 0.4) is 0 Å². The number of hydrogen-bond acceptors (Lipinski definition) is 8. The summed E-state index contributed by atoms with van der Waals surface area (Å²) in [5.41, 5.74) is 6.27. The van der Waals surface area contributed by atoms with E-state index in [9.17, 15) is 13.2 Å². The van der Waals surface area contributed by atoms with Crippen LogP contribution in [0.2, 0.25) is 0 Å². The Labute approximate surface area is 178 Å². The van der Waals surface area contributed by atoms with E-state index in [1.807, 2.05) is 0 Å². The summed E-state index contributed by atoms with van der Waals surface area (Å²) in [6, 6.07) is 6.21. The molecule has 31 heavy (non-hydrogen) atoms. The first-order valence-electron chi connectivity index (χ1n) is 9.07. The first-order valence-corrected chi connectivity index (χ1v) is 9.89. The molecule has 0 aliphatic carbocycles. The number of halogens is 3. The third kappa shape index (κ3) is 4.66. The quantitative estimate of drug-likeness (QED) is 0.459. The highest BCUT2D eigenvalue weighted by molar-refractivity contribution is 7.21. The Morgan fingerprint density at radius 2 is 1.87 bits per heavy atom. The summed E-state index contributed by atoms with van der Waals surface area (Å²) in [6.07, 6.45) is 0.164. The predicted molar refractivity (Wildman–Crippen MR) is 109 cm³/mol. The number of hydrogen-bond donors (Lipinski definition) is 1. The molecule has 0 aliphatic heterocycles. The van der Waals surface area contributed by atoms with Crippen LogP contribution in [-0.2, 0) is 19.0 Å². The lowest BCUT2D eigenvalue weighted by molar-refractivity contribution is -0.138. The fourth-order valence-corrected chi connectivity index (χ4v) is 3.61. The molecule has 0 atom stereocenters. The van der Waals surface area contributed by atoms with Crippen molar-refractivity contribution in [3.05, 3.63) is 59.8 Å². The maximum absolute atomic E-state index is 13.2. The second kappa shape index (κ2) is 8.34. The third-order valence-corrected chi connectivity index (χ3v) is 5.18. The van der Waals surface area contributed by atoms with Gasteiger partial charge in [-0.25, -0.2) is 15.0 Å². The van der Waals surface area contributed by atoms with E-state index in [4.69, 9.17) is 15.2 Å². The number of aromatic nitrogens is 4. The zero-order valence-corrected chi connectivity index (χ0v) is 17.0. The number of benzene rings is 1. The number of ether oxygens (including phenoxy) is 2. The van der Waals surface area contributed by atoms with Crippen LogP contribution in [0.15, 0.2) is 42.9 Å². The fraction of sp³-hybridized carbons (Fsp3) is 0.200. The number of thiazole rings is 1. The van der Waals surface area contributed by atoms with Gasteiger partial charge >= 0.3 is 6.18 Å². The molecule has 4 rings (SSSR count). The van der Waals surface area contributed by atoms with Gasteiger partial charge in [0, 0.05) is 18.8 Å². The summed E-state index contributed by atoms with van der Waals surface area (Å²) in [7, 11) is 1.43. The van der Waals surface area contributed by atoms with Crippen LogP contribution in [-0.4, -0.2) is 27.0 Å². The lowest BCUT2D eigenvalue weighted by Gasteiger charge is -2.15. The molecule has 3 heterocycles. The van der Waals surface area contributed by atoms with Gasteiger partial charge in [0.05, 0.1) is 13.3 Å². The fourth-order valence-electron chi connectivity index (χ4n) is 2.92. The Balaban J connectivity index is 1.51. The summed E-state index contributed by atoms with van der Waals surface area (Å²) in [5, 5.41) is 0.435. The molecule has 0 radical (unpaired) electrons. The molecule has 1 aromatic carbocycles. The molecular weight excluding hydrogens is 431 g/mol. The average molecular weight is 447 g/mol. The molecule has 2 N–H and O–H groups in total. The maximum Gasteiger partial charge on any atom is 0.421 e. The molecule has 0 aliphatic rings. The van der Waals surface area contributed by atoms with Crippen molar-refractivity contribution >= 4 is 26.8 Å². The molecule has 0 spiro atoms. The molecule has 0 amide bonds. The third-order valence-electron chi connectivity index (χ3n) is 4.39. The molecular formula is C20H16F3N5O2S. The van der Waals surface area contributed by atoms with Crippen molar-refractivity contribution in [2.75, 3.05) is 12.8 Å². The molecule has 0 fully saturated rings. The Morgan fingerprint density at radius 1 is 1.03 bits per heavy atom. The van der Waals surface area contributed by atoms with E-state index >= 15 is 0 Å². The Kier molecular flexibility index (Phi) is 5.59. The van der Waals surface area contributed by atoms with E-state index < -0.39 is 11.7 Å². The van der Waals surface area contributed by atoms with Crippen LogP contribution in [0.1, 0.15) is 17.0 Å². The zero-order valence-electron chi connectivity index (χ0n) is 16.2. The Morgan fingerprint density at radius 3 is 2.65 bits per heavy atom. The molecule has 0 saturated carbocycles. The minimum absolute atomic E-state index is 0.167. The number of rotatable bonds is 6. The average Bonchev–Trinajstić information content (AvgIpc) is 3.12. The minimum Gasteiger partial charge on any atom is -0.493 e. The highest BCUT2D eigenvalue weighted by Gasteiger charge is 2.35. The number of nitrogens with two attached hydrogens (primary N) is 1. The smallest absolute Gasteiger partial charge is 0.421 e. The van der Waals surface area contributed by atoms with Crippen LogP contribution in [0.25, 0.3) is 10.3 Å². The normalized spacial score (nSPS) is 11.6.